The number of nitrogen functional groups attached to an aromatic ring is 1. The first-order chi connectivity index (χ1) is 13.3. The topological polar surface area (TPSA) is 26.0 Å². The number of rotatable bonds is 3. The molecule has 0 amide bonds. The molecule has 0 saturated carbocycles. The maximum atomic E-state index is 5.79. The molecule has 0 unspecified atom stereocenters. The first-order valence-corrected chi connectivity index (χ1v) is 10.9. The van der Waals surface area contributed by atoms with Gasteiger partial charge in [-0.3, -0.25) is 0 Å². The van der Waals surface area contributed by atoms with E-state index in [-0.39, 0.29) is 0 Å². The predicted molar refractivity (Wildman–Crippen MR) is 120 cm³/mol. The summed E-state index contributed by atoms with van der Waals surface area (Å²) in [7, 11) is 0. The Morgan fingerprint density at radius 3 is 2.26 bits per heavy atom. The minimum atomic E-state index is 0.832. The van der Waals surface area contributed by atoms with Crippen molar-refractivity contribution in [2.45, 2.75) is 12.8 Å². The van der Waals surface area contributed by atoms with Crippen LogP contribution in [0, 0.1) is 0 Å². The van der Waals surface area contributed by atoms with Crippen molar-refractivity contribution in [1.82, 2.24) is 0 Å². The standard InChI is InChI=1S/C24H17NS2/c25-17-6-1-14(2-7-17)3-8-18-13-16-5-10-20-21-19(22(20)24(16)27-18)9-4-15-11-12-26-23(15)21/h1-2,4-7,9-13H,3,8,25H2. The fourth-order valence-corrected chi connectivity index (χ4v) is 6.33. The Morgan fingerprint density at radius 2 is 1.44 bits per heavy atom. The van der Waals surface area contributed by atoms with Crippen LogP contribution < -0.4 is 5.73 Å². The lowest BCUT2D eigenvalue weighted by Crippen LogP contribution is -1.98. The zero-order chi connectivity index (χ0) is 18.0. The van der Waals surface area contributed by atoms with Gasteiger partial charge >= 0.3 is 0 Å². The van der Waals surface area contributed by atoms with Crippen molar-refractivity contribution in [3.8, 4) is 22.3 Å². The number of nitrogens with two attached hydrogens (primary N) is 1. The zero-order valence-corrected chi connectivity index (χ0v) is 16.3. The van der Waals surface area contributed by atoms with Crippen LogP contribution in [0.1, 0.15) is 10.4 Å². The van der Waals surface area contributed by atoms with E-state index >= 15 is 0 Å². The Labute approximate surface area is 165 Å². The molecule has 2 N–H and O–H groups in total. The van der Waals surface area contributed by atoms with E-state index in [0.717, 1.165) is 18.5 Å². The molecule has 2 aromatic heterocycles. The first kappa shape index (κ1) is 15.4. The molecule has 0 radical (unpaired) electrons. The normalized spacial score (nSPS) is 12.1. The second-order valence-electron chi connectivity index (χ2n) is 7.19. The van der Waals surface area contributed by atoms with Gasteiger partial charge in [0.1, 0.15) is 0 Å². The van der Waals surface area contributed by atoms with E-state index in [4.69, 9.17) is 5.73 Å². The van der Waals surface area contributed by atoms with Crippen molar-refractivity contribution in [2.75, 3.05) is 5.73 Å². The van der Waals surface area contributed by atoms with Gasteiger partial charge in [-0.1, -0.05) is 36.4 Å². The highest BCUT2D eigenvalue weighted by Crippen LogP contribution is 2.55. The molecule has 27 heavy (non-hydrogen) atoms. The summed E-state index contributed by atoms with van der Waals surface area (Å²) in [4.78, 5) is 1.46. The summed E-state index contributed by atoms with van der Waals surface area (Å²) in [6, 6.07) is 22.0. The average Bonchev–Trinajstić information content (AvgIpc) is 3.29. The van der Waals surface area contributed by atoms with Crippen LogP contribution in [0.25, 0.3) is 42.4 Å². The fourth-order valence-electron chi connectivity index (χ4n) is 4.15. The molecular weight excluding hydrogens is 366 g/mol. The fraction of sp³-hybridized carbons (Fsp3) is 0.0833. The number of aryl methyl sites for hydroxylation is 2. The van der Waals surface area contributed by atoms with Gasteiger partial charge in [-0.15, -0.1) is 22.7 Å². The van der Waals surface area contributed by atoms with Gasteiger partial charge in [0.2, 0.25) is 0 Å². The molecule has 3 aromatic carbocycles. The third-order valence-corrected chi connectivity index (χ3v) is 7.71. The third kappa shape index (κ3) is 2.29. The number of thiophene rings is 2. The lowest BCUT2D eigenvalue weighted by Gasteiger charge is -2.25. The van der Waals surface area contributed by atoms with E-state index in [1.807, 2.05) is 34.8 Å². The second kappa shape index (κ2) is 5.69. The summed E-state index contributed by atoms with van der Waals surface area (Å²) in [5, 5.41) is 4.94. The molecule has 3 heteroatoms. The Bertz CT molecular complexity index is 1320. The summed E-state index contributed by atoms with van der Waals surface area (Å²) >= 11 is 3.82. The number of hydrogen-bond acceptors (Lipinski definition) is 3. The van der Waals surface area contributed by atoms with Gasteiger partial charge in [-0.25, -0.2) is 0 Å². The monoisotopic (exact) mass is 383 g/mol. The molecule has 0 spiro atoms. The van der Waals surface area contributed by atoms with Crippen LogP contribution in [-0.4, -0.2) is 0 Å². The molecule has 1 aliphatic rings. The van der Waals surface area contributed by atoms with Crippen molar-refractivity contribution in [2.24, 2.45) is 0 Å². The van der Waals surface area contributed by atoms with Crippen molar-refractivity contribution >= 4 is 48.5 Å². The SMILES string of the molecule is Nc1ccc(CCc2cc3ccc4c(c3s2)-c2ccc3ccsc3c2-4)cc1. The highest BCUT2D eigenvalue weighted by Gasteiger charge is 2.28. The number of anilines is 1. The first-order valence-electron chi connectivity index (χ1n) is 9.19. The van der Waals surface area contributed by atoms with Gasteiger partial charge in [-0.2, -0.15) is 0 Å². The van der Waals surface area contributed by atoms with Crippen LogP contribution in [0.2, 0.25) is 0 Å². The van der Waals surface area contributed by atoms with Crippen LogP contribution >= 0.6 is 22.7 Å². The van der Waals surface area contributed by atoms with Crippen molar-refractivity contribution < 1.29 is 0 Å². The van der Waals surface area contributed by atoms with Crippen LogP contribution in [-0.2, 0) is 12.8 Å². The van der Waals surface area contributed by atoms with Crippen LogP contribution in [0.15, 0.2) is 66.0 Å². The largest absolute Gasteiger partial charge is 0.399 e. The molecule has 1 aliphatic carbocycles. The molecule has 0 saturated heterocycles. The molecule has 0 fully saturated rings. The van der Waals surface area contributed by atoms with E-state index in [1.165, 1.54) is 52.9 Å². The molecule has 130 valence electrons. The van der Waals surface area contributed by atoms with Crippen molar-refractivity contribution in [1.29, 1.82) is 0 Å². The van der Waals surface area contributed by atoms with E-state index in [2.05, 4.69) is 53.9 Å². The summed E-state index contributed by atoms with van der Waals surface area (Å²) in [5.41, 5.74) is 13.7. The van der Waals surface area contributed by atoms with Gasteiger partial charge in [0, 0.05) is 31.1 Å². The lowest BCUT2D eigenvalue weighted by molar-refractivity contribution is 0.982. The van der Waals surface area contributed by atoms with Crippen LogP contribution in [0.3, 0.4) is 0 Å². The number of fused-ring (bicyclic) bond motifs is 8. The van der Waals surface area contributed by atoms with E-state index in [0.29, 0.717) is 0 Å². The predicted octanol–water partition coefficient (Wildman–Crippen LogP) is 7.13. The molecule has 1 nitrogen and oxygen atoms in total. The highest BCUT2D eigenvalue weighted by atomic mass is 32.1. The Morgan fingerprint density at radius 1 is 0.704 bits per heavy atom. The Hall–Kier alpha value is -2.62. The molecule has 2 heterocycles. The smallest absolute Gasteiger partial charge is 0.0430 e. The van der Waals surface area contributed by atoms with Gasteiger partial charge in [0.05, 0.1) is 0 Å². The summed E-state index contributed by atoms with van der Waals surface area (Å²) in [5.74, 6) is 0. The Balaban J connectivity index is 1.38. The minimum Gasteiger partial charge on any atom is -0.399 e. The molecule has 0 aliphatic heterocycles. The highest BCUT2D eigenvalue weighted by molar-refractivity contribution is 7.20. The van der Waals surface area contributed by atoms with Gasteiger partial charge in [-0.05, 0) is 69.9 Å². The molecule has 5 aromatic rings. The molecular formula is C24H17NS2. The van der Waals surface area contributed by atoms with Crippen LogP contribution in [0.4, 0.5) is 5.69 Å². The van der Waals surface area contributed by atoms with Crippen molar-refractivity contribution in [3.05, 3.63) is 76.5 Å². The summed E-state index contributed by atoms with van der Waals surface area (Å²) < 4.78 is 2.88. The zero-order valence-electron chi connectivity index (χ0n) is 14.7. The summed E-state index contributed by atoms with van der Waals surface area (Å²) in [6.45, 7) is 0. The molecule has 0 bridgehead atoms. The number of hydrogen-bond donors (Lipinski definition) is 1. The van der Waals surface area contributed by atoms with E-state index in [9.17, 15) is 0 Å². The van der Waals surface area contributed by atoms with Crippen LogP contribution in [0.5, 0.6) is 0 Å². The quantitative estimate of drug-likeness (QED) is 0.323. The van der Waals surface area contributed by atoms with Gasteiger partial charge < -0.3 is 5.73 Å². The number of benzene rings is 3. The summed E-state index contributed by atoms with van der Waals surface area (Å²) in [6.07, 6.45) is 2.14. The minimum absolute atomic E-state index is 0.832. The molecule has 0 atom stereocenters. The van der Waals surface area contributed by atoms with Gasteiger partial charge in [0.25, 0.3) is 0 Å². The maximum Gasteiger partial charge on any atom is 0.0430 e. The Kier molecular flexibility index (Phi) is 3.25. The van der Waals surface area contributed by atoms with E-state index < -0.39 is 0 Å². The lowest BCUT2D eigenvalue weighted by atomic mass is 9.79. The van der Waals surface area contributed by atoms with E-state index in [1.54, 1.807) is 0 Å². The maximum absolute atomic E-state index is 5.79. The second-order valence-corrected chi connectivity index (χ2v) is 9.24. The average molecular weight is 384 g/mol. The molecule has 6 rings (SSSR count). The van der Waals surface area contributed by atoms with Gasteiger partial charge in [0.15, 0.2) is 0 Å². The third-order valence-electron chi connectivity index (χ3n) is 5.54. The van der Waals surface area contributed by atoms with Crippen molar-refractivity contribution in [3.63, 3.8) is 0 Å².